The SMILES string of the molecule is COc1ccc(O[C@@H]2C(=O)N(c3ccc(OC)cc3)[C@@H]2CO)cc1. The quantitative estimate of drug-likeness (QED) is 0.819. The first-order valence-electron chi connectivity index (χ1n) is 7.56. The fourth-order valence-electron chi connectivity index (χ4n) is 2.69. The lowest BCUT2D eigenvalue weighted by Gasteiger charge is -2.45. The van der Waals surface area contributed by atoms with E-state index in [9.17, 15) is 9.90 Å². The van der Waals surface area contributed by atoms with Crippen LogP contribution in [-0.2, 0) is 4.79 Å². The number of anilines is 1. The van der Waals surface area contributed by atoms with Gasteiger partial charge in [0.25, 0.3) is 5.91 Å². The Bertz CT molecular complexity index is 698. The van der Waals surface area contributed by atoms with Crippen LogP contribution < -0.4 is 19.1 Å². The van der Waals surface area contributed by atoms with Crippen molar-refractivity contribution in [2.45, 2.75) is 12.1 Å². The number of hydrogen-bond donors (Lipinski definition) is 1. The molecule has 0 aliphatic carbocycles. The molecule has 0 saturated carbocycles. The lowest BCUT2D eigenvalue weighted by molar-refractivity contribution is -0.136. The molecule has 0 radical (unpaired) electrons. The van der Waals surface area contributed by atoms with Gasteiger partial charge < -0.3 is 19.3 Å². The molecule has 6 nitrogen and oxygen atoms in total. The zero-order valence-corrected chi connectivity index (χ0v) is 13.5. The summed E-state index contributed by atoms with van der Waals surface area (Å²) in [4.78, 5) is 14.0. The maximum atomic E-state index is 12.4. The number of β-lactam (4-membered cyclic amide) rings is 1. The smallest absolute Gasteiger partial charge is 0.270 e. The number of benzene rings is 2. The zero-order valence-electron chi connectivity index (χ0n) is 13.5. The van der Waals surface area contributed by atoms with E-state index in [1.165, 1.54) is 4.90 Å². The summed E-state index contributed by atoms with van der Waals surface area (Å²) in [5.41, 5.74) is 0.703. The summed E-state index contributed by atoms with van der Waals surface area (Å²) in [6, 6.07) is 13.7. The highest BCUT2D eigenvalue weighted by Gasteiger charge is 2.49. The predicted molar refractivity (Wildman–Crippen MR) is 88.8 cm³/mol. The van der Waals surface area contributed by atoms with E-state index in [0.717, 1.165) is 0 Å². The second-order valence-electron chi connectivity index (χ2n) is 5.37. The fraction of sp³-hybridized carbons (Fsp3) is 0.278. The molecule has 1 aliphatic heterocycles. The lowest BCUT2D eigenvalue weighted by Crippen LogP contribution is -2.68. The van der Waals surface area contributed by atoms with E-state index in [0.29, 0.717) is 22.9 Å². The highest BCUT2D eigenvalue weighted by molar-refractivity contribution is 6.05. The molecule has 1 amide bonds. The number of aliphatic hydroxyl groups is 1. The standard InChI is InChI=1S/C18H19NO5/c1-22-13-5-3-12(4-6-13)19-16(11-20)17(18(19)21)24-15-9-7-14(23-2)8-10-15/h3-10,16-17,20H,11H2,1-2H3/t16-,17+/m1/s1. The fourth-order valence-corrected chi connectivity index (χ4v) is 2.69. The van der Waals surface area contributed by atoms with E-state index in [4.69, 9.17) is 14.2 Å². The van der Waals surface area contributed by atoms with Crippen molar-refractivity contribution in [1.29, 1.82) is 0 Å². The van der Waals surface area contributed by atoms with Crippen molar-refractivity contribution in [3.63, 3.8) is 0 Å². The van der Waals surface area contributed by atoms with Crippen LogP contribution in [0.3, 0.4) is 0 Å². The van der Waals surface area contributed by atoms with Gasteiger partial charge in [-0.25, -0.2) is 0 Å². The molecule has 3 rings (SSSR count). The molecule has 1 fully saturated rings. The van der Waals surface area contributed by atoms with Gasteiger partial charge in [0.2, 0.25) is 0 Å². The van der Waals surface area contributed by atoms with Gasteiger partial charge in [-0.05, 0) is 48.5 Å². The lowest BCUT2D eigenvalue weighted by atomic mass is 9.97. The van der Waals surface area contributed by atoms with Gasteiger partial charge in [0.1, 0.15) is 23.3 Å². The van der Waals surface area contributed by atoms with Gasteiger partial charge >= 0.3 is 0 Å². The van der Waals surface area contributed by atoms with E-state index in [1.54, 1.807) is 62.8 Å². The third-order valence-electron chi connectivity index (χ3n) is 4.02. The van der Waals surface area contributed by atoms with Crippen LogP contribution in [0, 0.1) is 0 Å². The van der Waals surface area contributed by atoms with Crippen LogP contribution >= 0.6 is 0 Å². The van der Waals surface area contributed by atoms with Gasteiger partial charge in [0, 0.05) is 5.69 Å². The zero-order chi connectivity index (χ0) is 17.1. The molecule has 2 aromatic rings. The van der Waals surface area contributed by atoms with E-state index in [-0.39, 0.29) is 12.5 Å². The highest BCUT2D eigenvalue weighted by atomic mass is 16.5. The Morgan fingerprint density at radius 2 is 1.42 bits per heavy atom. The number of carbonyl (C=O) groups excluding carboxylic acids is 1. The molecule has 1 aliphatic rings. The van der Waals surface area contributed by atoms with E-state index in [2.05, 4.69) is 0 Å². The molecule has 0 spiro atoms. The Morgan fingerprint density at radius 1 is 0.917 bits per heavy atom. The Hall–Kier alpha value is -2.73. The van der Waals surface area contributed by atoms with Crippen molar-refractivity contribution in [3.8, 4) is 17.2 Å². The van der Waals surface area contributed by atoms with Crippen LogP contribution in [0.15, 0.2) is 48.5 Å². The minimum absolute atomic E-state index is 0.182. The molecule has 0 bridgehead atoms. The minimum atomic E-state index is -0.703. The summed E-state index contributed by atoms with van der Waals surface area (Å²) in [6.07, 6.45) is -0.703. The van der Waals surface area contributed by atoms with E-state index < -0.39 is 12.1 Å². The second-order valence-corrected chi connectivity index (χ2v) is 5.37. The normalized spacial score (nSPS) is 19.6. The number of aliphatic hydroxyl groups excluding tert-OH is 1. The maximum absolute atomic E-state index is 12.4. The number of methoxy groups -OCH3 is 2. The van der Waals surface area contributed by atoms with Crippen LogP contribution in [0.5, 0.6) is 17.2 Å². The molecule has 6 heteroatoms. The Balaban J connectivity index is 1.72. The van der Waals surface area contributed by atoms with E-state index in [1.807, 2.05) is 0 Å². The first-order valence-corrected chi connectivity index (χ1v) is 7.56. The largest absolute Gasteiger partial charge is 0.497 e. The van der Waals surface area contributed by atoms with Crippen molar-refractivity contribution in [2.75, 3.05) is 25.7 Å². The molecule has 0 aromatic heterocycles. The van der Waals surface area contributed by atoms with Gasteiger partial charge in [0.15, 0.2) is 6.10 Å². The number of amides is 1. The number of ether oxygens (including phenoxy) is 3. The van der Waals surface area contributed by atoms with Crippen molar-refractivity contribution in [3.05, 3.63) is 48.5 Å². The first-order chi connectivity index (χ1) is 11.7. The van der Waals surface area contributed by atoms with Crippen molar-refractivity contribution >= 4 is 11.6 Å². The maximum Gasteiger partial charge on any atom is 0.270 e. The van der Waals surface area contributed by atoms with Gasteiger partial charge in [-0.2, -0.15) is 0 Å². The monoisotopic (exact) mass is 329 g/mol. The van der Waals surface area contributed by atoms with Gasteiger partial charge in [-0.1, -0.05) is 0 Å². The Labute approximate surface area is 140 Å². The summed E-state index contributed by atoms with van der Waals surface area (Å²) >= 11 is 0. The van der Waals surface area contributed by atoms with Crippen molar-refractivity contribution < 1.29 is 24.1 Å². The first kappa shape index (κ1) is 16.1. The molecular weight excluding hydrogens is 310 g/mol. The predicted octanol–water partition coefficient (Wildman–Crippen LogP) is 1.86. The Morgan fingerprint density at radius 3 is 1.92 bits per heavy atom. The molecule has 1 saturated heterocycles. The Kier molecular flexibility index (Phi) is 4.57. The van der Waals surface area contributed by atoms with Crippen LogP contribution in [0.2, 0.25) is 0 Å². The molecule has 2 aromatic carbocycles. The average Bonchev–Trinajstić information content (AvgIpc) is 2.64. The summed E-state index contributed by atoms with van der Waals surface area (Å²) in [6.45, 7) is -0.182. The van der Waals surface area contributed by atoms with Crippen molar-refractivity contribution in [1.82, 2.24) is 0 Å². The van der Waals surface area contributed by atoms with Crippen LogP contribution in [0.25, 0.3) is 0 Å². The molecule has 1 N–H and O–H groups in total. The van der Waals surface area contributed by atoms with Crippen LogP contribution in [0.4, 0.5) is 5.69 Å². The summed E-state index contributed by atoms with van der Waals surface area (Å²) in [5.74, 6) is 1.79. The third kappa shape index (κ3) is 2.88. The highest BCUT2D eigenvalue weighted by Crippen LogP contribution is 2.32. The van der Waals surface area contributed by atoms with Crippen molar-refractivity contribution in [2.24, 2.45) is 0 Å². The van der Waals surface area contributed by atoms with Gasteiger partial charge in [-0.15, -0.1) is 0 Å². The molecule has 126 valence electrons. The number of carbonyl (C=O) groups is 1. The second kappa shape index (κ2) is 6.80. The molecule has 2 atom stereocenters. The average molecular weight is 329 g/mol. The number of nitrogens with zero attached hydrogens (tertiary/aromatic N) is 1. The molecule has 24 heavy (non-hydrogen) atoms. The summed E-state index contributed by atoms with van der Waals surface area (Å²) in [7, 11) is 3.17. The summed E-state index contributed by atoms with van der Waals surface area (Å²) < 4.78 is 15.9. The van der Waals surface area contributed by atoms with Crippen LogP contribution in [0.1, 0.15) is 0 Å². The van der Waals surface area contributed by atoms with E-state index >= 15 is 0 Å². The van der Waals surface area contributed by atoms with Gasteiger partial charge in [0.05, 0.1) is 20.8 Å². The number of hydrogen-bond acceptors (Lipinski definition) is 5. The minimum Gasteiger partial charge on any atom is -0.497 e. The molecule has 0 unspecified atom stereocenters. The summed E-state index contributed by atoms with van der Waals surface area (Å²) in [5, 5.41) is 9.65. The third-order valence-corrected chi connectivity index (χ3v) is 4.02. The molecular formula is C18H19NO5. The molecule has 1 heterocycles. The number of rotatable bonds is 6. The van der Waals surface area contributed by atoms with Crippen LogP contribution in [-0.4, -0.2) is 44.0 Å². The topological polar surface area (TPSA) is 68.2 Å². The van der Waals surface area contributed by atoms with Gasteiger partial charge in [-0.3, -0.25) is 9.69 Å².